The van der Waals surface area contributed by atoms with Gasteiger partial charge in [-0.05, 0) is 55.3 Å². The highest BCUT2D eigenvalue weighted by Crippen LogP contribution is 2.33. The Bertz CT molecular complexity index is 1080. The monoisotopic (exact) mass is 399 g/mol. The maximum atomic E-state index is 12.6. The van der Waals surface area contributed by atoms with Crippen molar-refractivity contribution < 1.29 is 4.79 Å². The Morgan fingerprint density at radius 1 is 0.931 bits per heavy atom. The van der Waals surface area contributed by atoms with E-state index >= 15 is 0 Å². The molecule has 0 radical (unpaired) electrons. The van der Waals surface area contributed by atoms with E-state index in [4.69, 9.17) is 0 Å². The molecule has 0 aromatic heterocycles. The van der Waals surface area contributed by atoms with E-state index < -0.39 is 5.91 Å². The molecule has 0 aliphatic rings. The molecule has 1 amide bonds. The smallest absolute Gasteiger partial charge is 0.267 e. The van der Waals surface area contributed by atoms with Crippen molar-refractivity contribution in [2.24, 2.45) is 0 Å². The molecule has 0 saturated heterocycles. The van der Waals surface area contributed by atoms with Gasteiger partial charge in [0.2, 0.25) is 0 Å². The van der Waals surface area contributed by atoms with E-state index in [9.17, 15) is 10.1 Å². The third-order valence-corrected chi connectivity index (χ3v) is 5.53. The molecular formula is C24H21N3OS. The fourth-order valence-electron chi connectivity index (χ4n) is 2.67. The van der Waals surface area contributed by atoms with Gasteiger partial charge in [-0.25, -0.2) is 0 Å². The number of hydrogen-bond donors (Lipinski definition) is 2. The Morgan fingerprint density at radius 3 is 2.38 bits per heavy atom. The van der Waals surface area contributed by atoms with Crippen LogP contribution < -0.4 is 10.6 Å². The van der Waals surface area contributed by atoms with Crippen molar-refractivity contribution in [1.29, 1.82) is 5.26 Å². The molecule has 0 aliphatic heterocycles. The number of anilines is 2. The first-order valence-electron chi connectivity index (χ1n) is 9.15. The van der Waals surface area contributed by atoms with Gasteiger partial charge >= 0.3 is 0 Å². The summed E-state index contributed by atoms with van der Waals surface area (Å²) in [6, 6.07) is 25.5. The average molecular weight is 400 g/mol. The maximum absolute atomic E-state index is 12.6. The molecule has 2 N–H and O–H groups in total. The second kappa shape index (κ2) is 9.63. The van der Waals surface area contributed by atoms with Gasteiger partial charge in [0.25, 0.3) is 5.91 Å². The van der Waals surface area contributed by atoms with E-state index in [0.29, 0.717) is 5.69 Å². The fraction of sp³-hybridized carbons (Fsp3) is 0.0833. The zero-order chi connectivity index (χ0) is 20.6. The number of aryl methyl sites for hydroxylation is 1. The van der Waals surface area contributed by atoms with Crippen molar-refractivity contribution in [2.75, 3.05) is 10.6 Å². The number of nitrogens with zero attached hydrogens (tertiary/aromatic N) is 1. The molecule has 3 rings (SSSR count). The average Bonchev–Trinajstić information content (AvgIpc) is 2.74. The van der Waals surface area contributed by atoms with Crippen LogP contribution in [0.15, 0.2) is 94.4 Å². The number of carbonyl (C=O) groups is 1. The van der Waals surface area contributed by atoms with Crippen molar-refractivity contribution in [3.8, 4) is 6.07 Å². The molecule has 0 heterocycles. The summed E-state index contributed by atoms with van der Waals surface area (Å²) in [5.74, 6) is -0.443. The molecule has 0 unspecified atom stereocenters. The normalized spacial score (nSPS) is 10.9. The van der Waals surface area contributed by atoms with E-state index in [1.54, 1.807) is 11.8 Å². The van der Waals surface area contributed by atoms with E-state index in [1.807, 2.05) is 92.7 Å². The van der Waals surface area contributed by atoms with Crippen LogP contribution in [0.4, 0.5) is 11.4 Å². The number of nitriles is 1. The molecule has 5 heteroatoms. The highest BCUT2D eigenvalue weighted by Gasteiger charge is 2.12. The lowest BCUT2D eigenvalue weighted by molar-refractivity contribution is -0.112. The van der Waals surface area contributed by atoms with Crippen molar-refractivity contribution in [3.05, 3.63) is 95.7 Å². The fourth-order valence-corrected chi connectivity index (χ4v) is 3.60. The first-order valence-corrected chi connectivity index (χ1v) is 9.96. The predicted molar refractivity (Wildman–Crippen MR) is 119 cm³/mol. The van der Waals surface area contributed by atoms with Crippen LogP contribution in [0.2, 0.25) is 0 Å². The third kappa shape index (κ3) is 5.28. The minimum atomic E-state index is -0.443. The molecule has 3 aromatic rings. The molecule has 3 aromatic carbocycles. The minimum Gasteiger partial charge on any atom is -0.359 e. The van der Waals surface area contributed by atoms with Crippen molar-refractivity contribution in [3.63, 3.8) is 0 Å². The topological polar surface area (TPSA) is 64.9 Å². The van der Waals surface area contributed by atoms with Gasteiger partial charge in [-0.1, -0.05) is 54.2 Å². The van der Waals surface area contributed by atoms with Gasteiger partial charge in [0, 0.05) is 21.7 Å². The molecule has 0 aliphatic carbocycles. The number of nitrogens with one attached hydrogen (secondary N) is 2. The van der Waals surface area contributed by atoms with Gasteiger partial charge in [0.15, 0.2) is 0 Å². The van der Waals surface area contributed by atoms with Crippen molar-refractivity contribution >= 4 is 29.0 Å². The van der Waals surface area contributed by atoms with Crippen LogP contribution in [0.25, 0.3) is 0 Å². The van der Waals surface area contributed by atoms with Gasteiger partial charge in [-0.2, -0.15) is 5.26 Å². The third-order valence-electron chi connectivity index (χ3n) is 4.45. The van der Waals surface area contributed by atoms with E-state index in [-0.39, 0.29) is 5.57 Å². The summed E-state index contributed by atoms with van der Waals surface area (Å²) in [5, 5.41) is 15.4. The number of hydrogen-bond acceptors (Lipinski definition) is 4. The summed E-state index contributed by atoms with van der Waals surface area (Å²) in [4.78, 5) is 14.7. The summed E-state index contributed by atoms with van der Waals surface area (Å²) in [5.41, 5.74) is 3.60. The molecule has 0 bridgehead atoms. The van der Waals surface area contributed by atoms with Gasteiger partial charge in [0.1, 0.15) is 11.6 Å². The summed E-state index contributed by atoms with van der Waals surface area (Å²) >= 11 is 1.61. The summed E-state index contributed by atoms with van der Waals surface area (Å²) in [7, 11) is 0. The number of amides is 1. The standard InChI is InChI=1S/C24H21N3OS/c1-17-9-8-13-21(18(17)2)27-24(28)19(15-25)16-26-22-12-6-7-14-23(22)29-20-10-4-3-5-11-20/h3-14,16,26H,1-2H3,(H,27,28)/b19-16-. The van der Waals surface area contributed by atoms with Crippen molar-refractivity contribution in [1.82, 2.24) is 0 Å². The quantitative estimate of drug-likeness (QED) is 0.399. The van der Waals surface area contributed by atoms with Crippen LogP contribution >= 0.6 is 11.8 Å². The minimum absolute atomic E-state index is 0.00502. The molecule has 0 fully saturated rings. The lowest BCUT2D eigenvalue weighted by atomic mass is 10.1. The van der Waals surface area contributed by atoms with E-state index in [1.165, 1.54) is 6.20 Å². The molecule has 0 spiro atoms. The van der Waals surface area contributed by atoms with Gasteiger partial charge in [-0.3, -0.25) is 4.79 Å². The largest absolute Gasteiger partial charge is 0.359 e. The molecule has 0 atom stereocenters. The molecule has 4 nitrogen and oxygen atoms in total. The summed E-state index contributed by atoms with van der Waals surface area (Å²) < 4.78 is 0. The maximum Gasteiger partial charge on any atom is 0.267 e. The number of rotatable bonds is 6. The Hall–Kier alpha value is -3.49. The molecule has 29 heavy (non-hydrogen) atoms. The van der Waals surface area contributed by atoms with Crippen LogP contribution in [0.3, 0.4) is 0 Å². The number of carbonyl (C=O) groups excluding carboxylic acids is 1. The van der Waals surface area contributed by atoms with E-state index in [2.05, 4.69) is 10.6 Å². The summed E-state index contributed by atoms with van der Waals surface area (Å²) in [6.45, 7) is 3.92. The second-order valence-electron chi connectivity index (χ2n) is 6.43. The second-order valence-corrected chi connectivity index (χ2v) is 7.54. The van der Waals surface area contributed by atoms with Gasteiger partial charge < -0.3 is 10.6 Å². The first kappa shape index (κ1) is 20.2. The SMILES string of the molecule is Cc1cccc(NC(=O)/C(C#N)=C\Nc2ccccc2Sc2ccccc2)c1C. The lowest BCUT2D eigenvalue weighted by Gasteiger charge is -2.11. The Morgan fingerprint density at radius 2 is 1.62 bits per heavy atom. The Labute approximate surface area is 175 Å². The van der Waals surface area contributed by atoms with Crippen LogP contribution in [0, 0.1) is 25.2 Å². The van der Waals surface area contributed by atoms with Crippen LogP contribution in [0.5, 0.6) is 0 Å². The summed E-state index contributed by atoms with van der Waals surface area (Å²) in [6.07, 6.45) is 1.45. The Balaban J connectivity index is 1.76. The lowest BCUT2D eigenvalue weighted by Crippen LogP contribution is -2.15. The van der Waals surface area contributed by atoms with Gasteiger partial charge in [0.05, 0.1) is 5.69 Å². The van der Waals surface area contributed by atoms with Crippen LogP contribution in [0.1, 0.15) is 11.1 Å². The molecule has 0 saturated carbocycles. The predicted octanol–water partition coefficient (Wildman–Crippen LogP) is 5.91. The van der Waals surface area contributed by atoms with Crippen molar-refractivity contribution in [2.45, 2.75) is 23.6 Å². The highest BCUT2D eigenvalue weighted by atomic mass is 32.2. The number of benzene rings is 3. The van der Waals surface area contributed by atoms with Crippen LogP contribution in [-0.2, 0) is 4.79 Å². The van der Waals surface area contributed by atoms with Gasteiger partial charge in [-0.15, -0.1) is 0 Å². The molecule has 144 valence electrons. The zero-order valence-electron chi connectivity index (χ0n) is 16.3. The van der Waals surface area contributed by atoms with Crippen LogP contribution in [-0.4, -0.2) is 5.91 Å². The molecular weight excluding hydrogens is 378 g/mol. The van der Waals surface area contributed by atoms with E-state index in [0.717, 1.165) is 26.6 Å². The Kier molecular flexibility index (Phi) is 6.72. The zero-order valence-corrected chi connectivity index (χ0v) is 17.1. The first-order chi connectivity index (χ1) is 14.1. The highest BCUT2D eigenvalue weighted by molar-refractivity contribution is 7.99. The number of para-hydroxylation sites is 1.